The maximum atomic E-state index is 13.8. The van der Waals surface area contributed by atoms with Crippen LogP contribution in [0.4, 0.5) is 10.2 Å². The number of rotatable bonds is 3. The largest absolute Gasteiger partial charge is 0.383 e. The summed E-state index contributed by atoms with van der Waals surface area (Å²) in [5.41, 5.74) is 6.31. The monoisotopic (exact) mass is 295 g/mol. The summed E-state index contributed by atoms with van der Waals surface area (Å²) in [5, 5.41) is 0.0385. The van der Waals surface area contributed by atoms with E-state index in [0.717, 1.165) is 0 Å². The Bertz CT molecular complexity index is 697. The Morgan fingerprint density at radius 3 is 2.75 bits per heavy atom. The number of nitrogens with zero attached hydrogens (tertiary/aromatic N) is 1. The van der Waals surface area contributed by atoms with Crippen molar-refractivity contribution in [2.75, 3.05) is 5.73 Å². The molecule has 1 aromatic heterocycles. The molecule has 0 bridgehead atoms. The minimum atomic E-state index is -0.511. The topological polar surface area (TPSA) is 71.8 Å². The molecule has 1 aromatic carbocycles. The fourth-order valence-electron chi connectivity index (χ4n) is 2.06. The van der Waals surface area contributed by atoms with E-state index in [4.69, 9.17) is 17.3 Å². The molecule has 0 saturated heterocycles. The minimum absolute atomic E-state index is 0.0248. The maximum Gasteiger partial charge on any atom is 0.256 e. The van der Waals surface area contributed by atoms with Gasteiger partial charge in [0, 0.05) is 6.42 Å². The lowest BCUT2D eigenvalue weighted by molar-refractivity contribution is 0.612. The van der Waals surface area contributed by atoms with Crippen LogP contribution in [0, 0.1) is 5.82 Å². The Kier molecular flexibility index (Phi) is 4.09. The van der Waals surface area contributed by atoms with Crippen LogP contribution in [0.15, 0.2) is 23.0 Å². The van der Waals surface area contributed by atoms with E-state index in [9.17, 15) is 9.18 Å². The Labute approximate surface area is 120 Å². The molecular formula is C14H15ClFN3O. The number of anilines is 1. The van der Waals surface area contributed by atoms with Gasteiger partial charge in [0.15, 0.2) is 0 Å². The van der Waals surface area contributed by atoms with E-state index < -0.39 is 5.82 Å². The van der Waals surface area contributed by atoms with Gasteiger partial charge < -0.3 is 10.7 Å². The van der Waals surface area contributed by atoms with Crippen molar-refractivity contribution < 1.29 is 4.39 Å². The second kappa shape index (κ2) is 5.63. The zero-order valence-electron chi connectivity index (χ0n) is 11.2. The third-order valence-electron chi connectivity index (χ3n) is 3.00. The average molecular weight is 296 g/mol. The first-order chi connectivity index (χ1) is 9.40. The molecule has 4 nitrogen and oxygen atoms in total. The summed E-state index contributed by atoms with van der Waals surface area (Å²) in [4.78, 5) is 18.7. The molecule has 0 aliphatic carbocycles. The third kappa shape index (κ3) is 2.82. The van der Waals surface area contributed by atoms with E-state index >= 15 is 0 Å². The van der Waals surface area contributed by atoms with Crippen molar-refractivity contribution in [3.8, 4) is 0 Å². The molecule has 3 N–H and O–H groups in total. The smallest absolute Gasteiger partial charge is 0.256 e. The van der Waals surface area contributed by atoms with Crippen LogP contribution in [0.5, 0.6) is 0 Å². The molecule has 0 atom stereocenters. The predicted molar refractivity (Wildman–Crippen MR) is 77.6 cm³/mol. The Morgan fingerprint density at radius 1 is 1.45 bits per heavy atom. The van der Waals surface area contributed by atoms with Crippen LogP contribution in [-0.4, -0.2) is 9.97 Å². The van der Waals surface area contributed by atoms with Crippen molar-refractivity contribution in [3.05, 3.63) is 56.3 Å². The normalized spacial score (nSPS) is 11.1. The van der Waals surface area contributed by atoms with Crippen molar-refractivity contribution in [1.82, 2.24) is 9.97 Å². The highest BCUT2D eigenvalue weighted by Gasteiger charge is 2.14. The van der Waals surface area contributed by atoms with E-state index in [0.29, 0.717) is 17.0 Å². The zero-order chi connectivity index (χ0) is 14.9. The van der Waals surface area contributed by atoms with Gasteiger partial charge in [-0.05, 0) is 17.5 Å². The van der Waals surface area contributed by atoms with Gasteiger partial charge in [-0.2, -0.15) is 0 Å². The highest BCUT2D eigenvalue weighted by atomic mass is 35.5. The molecule has 0 unspecified atom stereocenters. The quantitative estimate of drug-likeness (QED) is 0.914. The lowest BCUT2D eigenvalue weighted by Gasteiger charge is -2.10. The summed E-state index contributed by atoms with van der Waals surface area (Å²) in [6.07, 6.45) is 0.129. The molecular weight excluding hydrogens is 281 g/mol. The highest BCUT2D eigenvalue weighted by molar-refractivity contribution is 6.30. The molecule has 0 aliphatic rings. The summed E-state index contributed by atoms with van der Waals surface area (Å²) >= 11 is 5.72. The SMILES string of the molecule is CC(C)c1c(N)nc(Cc2cccc(Cl)c2F)[nH]c1=O. The molecule has 106 valence electrons. The second-order valence-corrected chi connectivity index (χ2v) is 5.26. The molecule has 2 rings (SSSR count). The molecule has 0 saturated carbocycles. The summed E-state index contributed by atoms with van der Waals surface area (Å²) in [6, 6.07) is 4.70. The van der Waals surface area contributed by atoms with Gasteiger partial charge in [-0.15, -0.1) is 0 Å². The number of aromatic nitrogens is 2. The third-order valence-corrected chi connectivity index (χ3v) is 3.29. The fraction of sp³-hybridized carbons (Fsp3) is 0.286. The van der Waals surface area contributed by atoms with E-state index in [1.54, 1.807) is 12.1 Å². The first kappa shape index (κ1) is 14.5. The summed E-state index contributed by atoms with van der Waals surface area (Å²) in [5.74, 6) is -0.0363. The van der Waals surface area contributed by atoms with Gasteiger partial charge in [0.05, 0.1) is 10.6 Å². The molecule has 6 heteroatoms. The Balaban J connectivity index is 2.41. The molecule has 20 heavy (non-hydrogen) atoms. The van der Waals surface area contributed by atoms with Gasteiger partial charge in [-0.3, -0.25) is 4.79 Å². The number of nitrogens with two attached hydrogens (primary N) is 1. The van der Waals surface area contributed by atoms with Crippen LogP contribution in [0.1, 0.15) is 36.7 Å². The summed E-state index contributed by atoms with van der Waals surface area (Å²) < 4.78 is 13.8. The number of H-pyrrole nitrogens is 1. The van der Waals surface area contributed by atoms with Crippen LogP contribution in [0.25, 0.3) is 0 Å². The van der Waals surface area contributed by atoms with Crippen molar-refractivity contribution >= 4 is 17.4 Å². The molecule has 0 radical (unpaired) electrons. The van der Waals surface area contributed by atoms with Gasteiger partial charge in [0.25, 0.3) is 5.56 Å². The standard InChI is InChI=1S/C14H15ClFN3O/c1-7(2)11-13(17)18-10(19-14(11)20)6-8-4-3-5-9(15)12(8)16/h3-5,7H,6H2,1-2H3,(H3,17,18,19,20). The van der Waals surface area contributed by atoms with Crippen molar-refractivity contribution in [2.45, 2.75) is 26.2 Å². The van der Waals surface area contributed by atoms with Gasteiger partial charge in [-0.1, -0.05) is 37.6 Å². The van der Waals surface area contributed by atoms with Crippen LogP contribution >= 0.6 is 11.6 Å². The lowest BCUT2D eigenvalue weighted by Crippen LogP contribution is -2.21. The average Bonchev–Trinajstić information content (AvgIpc) is 2.33. The Morgan fingerprint density at radius 2 is 2.15 bits per heavy atom. The first-order valence-electron chi connectivity index (χ1n) is 6.21. The van der Waals surface area contributed by atoms with E-state index in [1.807, 2.05) is 13.8 Å². The number of aromatic amines is 1. The van der Waals surface area contributed by atoms with Gasteiger partial charge in [0.2, 0.25) is 0 Å². The van der Waals surface area contributed by atoms with E-state index in [1.165, 1.54) is 6.07 Å². The molecule has 0 spiro atoms. The van der Waals surface area contributed by atoms with Crippen LogP contribution in [0.3, 0.4) is 0 Å². The van der Waals surface area contributed by atoms with E-state index in [2.05, 4.69) is 9.97 Å². The molecule has 0 fully saturated rings. The first-order valence-corrected chi connectivity index (χ1v) is 6.59. The van der Waals surface area contributed by atoms with Crippen LogP contribution in [0.2, 0.25) is 5.02 Å². The second-order valence-electron chi connectivity index (χ2n) is 4.86. The van der Waals surface area contributed by atoms with Gasteiger partial charge >= 0.3 is 0 Å². The van der Waals surface area contributed by atoms with Crippen LogP contribution in [-0.2, 0) is 6.42 Å². The van der Waals surface area contributed by atoms with Crippen molar-refractivity contribution in [2.24, 2.45) is 0 Å². The molecule has 1 heterocycles. The molecule has 0 aliphatic heterocycles. The summed E-state index contributed by atoms with van der Waals surface area (Å²) in [7, 11) is 0. The maximum absolute atomic E-state index is 13.8. The number of nitrogens with one attached hydrogen (secondary N) is 1. The minimum Gasteiger partial charge on any atom is -0.383 e. The van der Waals surface area contributed by atoms with Gasteiger partial charge in [-0.25, -0.2) is 9.37 Å². The summed E-state index contributed by atoms with van der Waals surface area (Å²) in [6.45, 7) is 3.72. The number of hydrogen-bond donors (Lipinski definition) is 2. The zero-order valence-corrected chi connectivity index (χ0v) is 12.0. The van der Waals surface area contributed by atoms with Crippen LogP contribution < -0.4 is 11.3 Å². The number of hydrogen-bond acceptors (Lipinski definition) is 3. The predicted octanol–water partition coefficient (Wildman–Crippen LogP) is 2.86. The number of halogens is 2. The molecule has 2 aromatic rings. The highest BCUT2D eigenvalue weighted by Crippen LogP contribution is 2.20. The van der Waals surface area contributed by atoms with Gasteiger partial charge in [0.1, 0.15) is 17.5 Å². The fourth-order valence-corrected chi connectivity index (χ4v) is 2.25. The Hall–Kier alpha value is -1.88. The van der Waals surface area contributed by atoms with Crippen molar-refractivity contribution in [3.63, 3.8) is 0 Å². The lowest BCUT2D eigenvalue weighted by atomic mass is 10.1. The van der Waals surface area contributed by atoms with E-state index in [-0.39, 0.29) is 28.7 Å². The molecule has 0 amide bonds. The number of nitrogen functional groups attached to an aromatic ring is 1. The van der Waals surface area contributed by atoms with Crippen molar-refractivity contribution in [1.29, 1.82) is 0 Å². The number of benzene rings is 1.